The maximum atomic E-state index is 11.9. The lowest BCUT2D eigenvalue weighted by molar-refractivity contribution is -0.147. The molecule has 114 valence electrons. The normalized spacial score (nSPS) is 39.5. The summed E-state index contributed by atoms with van der Waals surface area (Å²) in [6.07, 6.45) is 10.9. The van der Waals surface area contributed by atoms with Crippen molar-refractivity contribution in [3.63, 3.8) is 0 Å². The maximum Gasteiger partial charge on any atom is 0.325 e. The van der Waals surface area contributed by atoms with Gasteiger partial charge in [-0.2, -0.15) is 0 Å². The van der Waals surface area contributed by atoms with Gasteiger partial charge >= 0.3 is 5.97 Å². The van der Waals surface area contributed by atoms with Crippen LogP contribution in [0.5, 0.6) is 0 Å². The third-order valence-electron chi connectivity index (χ3n) is 5.87. The molecule has 0 radical (unpaired) electrons. The van der Waals surface area contributed by atoms with Gasteiger partial charge in [-0.1, -0.05) is 12.8 Å². The predicted molar refractivity (Wildman–Crippen MR) is 78.3 cm³/mol. The average molecular weight is 280 g/mol. The second-order valence-electron chi connectivity index (χ2n) is 7.04. The molecule has 0 spiro atoms. The van der Waals surface area contributed by atoms with Gasteiger partial charge in [-0.3, -0.25) is 9.69 Å². The first kappa shape index (κ1) is 14.3. The molecule has 1 aliphatic heterocycles. The number of hydrogen-bond acceptors (Lipinski definition) is 4. The minimum Gasteiger partial charge on any atom is -0.468 e. The minimum absolute atomic E-state index is 0.225. The lowest BCUT2D eigenvalue weighted by Crippen LogP contribution is -2.49. The molecule has 0 amide bonds. The lowest BCUT2D eigenvalue weighted by atomic mass is 9.94. The highest BCUT2D eigenvalue weighted by Gasteiger charge is 2.47. The van der Waals surface area contributed by atoms with Gasteiger partial charge < -0.3 is 10.5 Å². The lowest BCUT2D eigenvalue weighted by Gasteiger charge is -2.35. The average Bonchev–Trinajstić information content (AvgIpc) is 3.16. The molecule has 3 fully saturated rings. The molecule has 1 saturated heterocycles. The van der Waals surface area contributed by atoms with Gasteiger partial charge in [0, 0.05) is 12.1 Å². The van der Waals surface area contributed by atoms with E-state index in [1.165, 1.54) is 52.2 Å². The zero-order chi connectivity index (χ0) is 14.2. The van der Waals surface area contributed by atoms with Crippen molar-refractivity contribution in [2.24, 2.45) is 11.7 Å². The number of likely N-dealkylation sites (tertiary alicyclic amines) is 1. The van der Waals surface area contributed by atoms with Crippen LogP contribution in [0.25, 0.3) is 0 Å². The van der Waals surface area contributed by atoms with Crippen LogP contribution >= 0.6 is 0 Å². The molecule has 2 N–H and O–H groups in total. The fourth-order valence-corrected chi connectivity index (χ4v) is 4.84. The van der Waals surface area contributed by atoms with E-state index >= 15 is 0 Å². The van der Waals surface area contributed by atoms with Crippen LogP contribution in [0, 0.1) is 5.92 Å². The number of carbonyl (C=O) groups is 1. The summed E-state index contributed by atoms with van der Waals surface area (Å²) in [5.41, 5.74) is 5.53. The van der Waals surface area contributed by atoms with Crippen LogP contribution < -0.4 is 5.73 Å². The number of ether oxygens (including phenoxy) is 1. The Bertz CT molecular complexity index is 367. The van der Waals surface area contributed by atoms with Crippen LogP contribution in [0.2, 0.25) is 0 Å². The second-order valence-corrected chi connectivity index (χ2v) is 7.04. The molecular weight excluding hydrogens is 252 g/mol. The molecule has 2 aliphatic carbocycles. The Labute approximate surface area is 122 Å². The number of hydrogen-bond donors (Lipinski definition) is 1. The third kappa shape index (κ3) is 2.48. The van der Waals surface area contributed by atoms with Gasteiger partial charge in [0.15, 0.2) is 0 Å². The van der Waals surface area contributed by atoms with E-state index < -0.39 is 5.54 Å². The topological polar surface area (TPSA) is 55.6 Å². The summed E-state index contributed by atoms with van der Waals surface area (Å²) in [6, 6.07) is 1.25. The van der Waals surface area contributed by atoms with Crippen LogP contribution in [0.3, 0.4) is 0 Å². The van der Waals surface area contributed by atoms with E-state index in [0.717, 1.165) is 31.2 Å². The van der Waals surface area contributed by atoms with Gasteiger partial charge in [-0.15, -0.1) is 0 Å². The first-order valence-corrected chi connectivity index (χ1v) is 8.27. The fourth-order valence-electron chi connectivity index (χ4n) is 4.84. The summed E-state index contributed by atoms with van der Waals surface area (Å²) in [5, 5.41) is 0. The van der Waals surface area contributed by atoms with Gasteiger partial charge in [-0.05, 0) is 57.4 Å². The van der Waals surface area contributed by atoms with Crippen molar-refractivity contribution in [3.05, 3.63) is 0 Å². The van der Waals surface area contributed by atoms with Gasteiger partial charge in [0.2, 0.25) is 0 Å². The Morgan fingerprint density at radius 2 is 1.95 bits per heavy atom. The van der Waals surface area contributed by atoms with Gasteiger partial charge in [0.1, 0.15) is 5.54 Å². The van der Waals surface area contributed by atoms with Gasteiger partial charge in [0.25, 0.3) is 0 Å². The van der Waals surface area contributed by atoms with Crippen LogP contribution in [0.4, 0.5) is 0 Å². The van der Waals surface area contributed by atoms with E-state index in [4.69, 9.17) is 10.5 Å². The number of esters is 1. The Morgan fingerprint density at radius 1 is 1.20 bits per heavy atom. The molecular formula is C16H28N2O2. The zero-order valence-electron chi connectivity index (χ0n) is 12.6. The smallest absolute Gasteiger partial charge is 0.325 e. The maximum absolute atomic E-state index is 11.9. The Morgan fingerprint density at radius 3 is 2.65 bits per heavy atom. The van der Waals surface area contributed by atoms with E-state index in [2.05, 4.69) is 4.90 Å². The van der Waals surface area contributed by atoms with Crippen molar-refractivity contribution in [3.8, 4) is 0 Å². The first-order chi connectivity index (χ1) is 9.64. The van der Waals surface area contributed by atoms with Crippen molar-refractivity contribution in [2.75, 3.05) is 13.7 Å². The molecule has 0 bridgehead atoms. The minimum atomic E-state index is -0.734. The molecule has 3 rings (SSSR count). The first-order valence-electron chi connectivity index (χ1n) is 8.27. The van der Waals surface area contributed by atoms with E-state index in [-0.39, 0.29) is 5.97 Å². The predicted octanol–water partition coefficient (Wildman–Crippen LogP) is 2.06. The van der Waals surface area contributed by atoms with E-state index in [1.54, 1.807) is 0 Å². The van der Waals surface area contributed by atoms with Crippen molar-refractivity contribution < 1.29 is 9.53 Å². The van der Waals surface area contributed by atoms with Crippen molar-refractivity contribution in [2.45, 2.75) is 75.4 Å². The van der Waals surface area contributed by atoms with E-state index in [9.17, 15) is 4.79 Å². The molecule has 4 nitrogen and oxygen atoms in total. The van der Waals surface area contributed by atoms with Crippen LogP contribution in [-0.4, -0.2) is 42.1 Å². The number of rotatable bonds is 3. The zero-order valence-corrected chi connectivity index (χ0v) is 12.6. The fraction of sp³-hybridized carbons (Fsp3) is 0.938. The monoisotopic (exact) mass is 280 g/mol. The Balaban J connectivity index is 1.66. The number of nitrogens with zero attached hydrogens (tertiary/aromatic N) is 1. The van der Waals surface area contributed by atoms with Crippen LogP contribution in [0.1, 0.15) is 57.8 Å². The number of carbonyl (C=O) groups excluding carboxylic acids is 1. The highest BCUT2D eigenvalue weighted by Crippen LogP contribution is 2.41. The molecule has 3 unspecified atom stereocenters. The summed E-state index contributed by atoms with van der Waals surface area (Å²) < 4.78 is 4.89. The molecule has 3 aliphatic rings. The summed E-state index contributed by atoms with van der Waals surface area (Å²) in [4.78, 5) is 14.6. The highest BCUT2D eigenvalue weighted by atomic mass is 16.5. The Hall–Kier alpha value is -0.610. The quantitative estimate of drug-likeness (QED) is 0.804. The molecule has 3 atom stereocenters. The largest absolute Gasteiger partial charge is 0.468 e. The highest BCUT2D eigenvalue weighted by molar-refractivity contribution is 5.81. The van der Waals surface area contributed by atoms with Crippen LogP contribution in [0.15, 0.2) is 0 Å². The molecule has 4 heteroatoms. The summed E-state index contributed by atoms with van der Waals surface area (Å²) >= 11 is 0. The summed E-state index contributed by atoms with van der Waals surface area (Å²) in [6.45, 7) is 1.20. The van der Waals surface area contributed by atoms with Crippen molar-refractivity contribution in [1.29, 1.82) is 0 Å². The summed E-state index contributed by atoms with van der Waals surface area (Å²) in [7, 11) is 1.45. The van der Waals surface area contributed by atoms with Crippen LogP contribution in [-0.2, 0) is 9.53 Å². The second kappa shape index (κ2) is 5.64. The third-order valence-corrected chi connectivity index (χ3v) is 5.87. The molecule has 20 heavy (non-hydrogen) atoms. The van der Waals surface area contributed by atoms with E-state index in [1.807, 2.05) is 0 Å². The van der Waals surface area contributed by atoms with Crippen molar-refractivity contribution in [1.82, 2.24) is 4.90 Å². The molecule has 0 aromatic rings. The number of nitrogens with two attached hydrogens (primary N) is 1. The van der Waals surface area contributed by atoms with Gasteiger partial charge in [0.05, 0.1) is 7.11 Å². The summed E-state index contributed by atoms with van der Waals surface area (Å²) in [5.74, 6) is 0.667. The Kier molecular flexibility index (Phi) is 4.04. The molecule has 2 saturated carbocycles. The van der Waals surface area contributed by atoms with Gasteiger partial charge in [-0.25, -0.2) is 0 Å². The SMILES string of the molecule is COC(=O)C1(N)CCC(N2CCCC2C2CCCC2)C1. The molecule has 0 aromatic heterocycles. The van der Waals surface area contributed by atoms with Crippen molar-refractivity contribution >= 4 is 5.97 Å². The standard InChI is InChI=1S/C16H28N2O2/c1-20-15(19)16(17)9-8-13(11-16)18-10-4-7-14(18)12-5-2-3-6-12/h12-14H,2-11,17H2,1H3. The number of methoxy groups -OCH3 is 1. The molecule has 0 aromatic carbocycles. The van der Waals surface area contributed by atoms with E-state index in [0.29, 0.717) is 6.04 Å². The molecule has 1 heterocycles.